The van der Waals surface area contributed by atoms with Crippen LogP contribution >= 0.6 is 11.3 Å². The van der Waals surface area contributed by atoms with E-state index in [1.807, 2.05) is 48.2 Å². The molecule has 0 spiro atoms. The van der Waals surface area contributed by atoms with Crippen molar-refractivity contribution in [2.45, 2.75) is 13.5 Å². The van der Waals surface area contributed by atoms with Crippen LogP contribution in [0.3, 0.4) is 0 Å². The molecule has 23 heavy (non-hydrogen) atoms. The summed E-state index contributed by atoms with van der Waals surface area (Å²) in [5.74, 6) is 0.0959. The number of rotatable bonds is 4. The van der Waals surface area contributed by atoms with Crippen molar-refractivity contribution < 1.29 is 4.79 Å². The molecule has 0 bridgehead atoms. The van der Waals surface area contributed by atoms with Gasteiger partial charge in [0, 0.05) is 43.3 Å². The highest BCUT2D eigenvalue weighted by atomic mass is 32.1. The highest BCUT2D eigenvalue weighted by molar-refractivity contribution is 7.09. The highest BCUT2D eigenvalue weighted by Crippen LogP contribution is 2.13. The van der Waals surface area contributed by atoms with Crippen molar-refractivity contribution in [3.05, 3.63) is 58.1 Å². The van der Waals surface area contributed by atoms with Crippen LogP contribution in [-0.2, 0) is 11.3 Å². The van der Waals surface area contributed by atoms with E-state index in [9.17, 15) is 4.79 Å². The third-order valence-corrected chi connectivity index (χ3v) is 4.88. The molecule has 0 saturated carbocycles. The van der Waals surface area contributed by atoms with Gasteiger partial charge in [-0.15, -0.1) is 11.3 Å². The Balaban J connectivity index is 1.48. The van der Waals surface area contributed by atoms with Gasteiger partial charge in [-0.2, -0.15) is 0 Å². The van der Waals surface area contributed by atoms with E-state index >= 15 is 0 Å². The predicted molar refractivity (Wildman–Crippen MR) is 94.2 cm³/mol. The molecule has 1 aromatic heterocycles. The van der Waals surface area contributed by atoms with Crippen molar-refractivity contribution in [3.63, 3.8) is 0 Å². The molecule has 1 aliphatic heterocycles. The van der Waals surface area contributed by atoms with Gasteiger partial charge in [0.05, 0.1) is 6.54 Å². The average molecular weight is 327 g/mol. The zero-order valence-electron chi connectivity index (χ0n) is 13.3. The first-order valence-corrected chi connectivity index (χ1v) is 8.74. The van der Waals surface area contributed by atoms with Crippen LogP contribution in [0, 0.1) is 6.92 Å². The molecule has 120 valence electrons. The SMILES string of the molecule is Cc1csc(CN2CCN(C(=O)C=Cc3ccccc3)CC2)n1. The minimum Gasteiger partial charge on any atom is -0.337 e. The molecule has 2 heterocycles. The van der Waals surface area contributed by atoms with Gasteiger partial charge in [0.1, 0.15) is 5.01 Å². The number of amides is 1. The fourth-order valence-electron chi connectivity index (χ4n) is 2.63. The van der Waals surface area contributed by atoms with Crippen LogP contribution in [0.4, 0.5) is 0 Å². The molecule has 5 heteroatoms. The average Bonchev–Trinajstić information content (AvgIpc) is 2.99. The molecule has 2 aromatic rings. The second-order valence-electron chi connectivity index (χ2n) is 5.73. The second kappa shape index (κ2) is 7.53. The van der Waals surface area contributed by atoms with Crippen LogP contribution in [-0.4, -0.2) is 46.9 Å². The van der Waals surface area contributed by atoms with Crippen LogP contribution < -0.4 is 0 Å². The Kier molecular flexibility index (Phi) is 5.20. The maximum Gasteiger partial charge on any atom is 0.246 e. The first kappa shape index (κ1) is 15.9. The molecule has 1 saturated heterocycles. The first-order chi connectivity index (χ1) is 11.2. The standard InChI is InChI=1S/C18H21N3OS/c1-15-14-23-17(19-15)13-20-9-11-21(12-10-20)18(22)8-7-16-5-3-2-4-6-16/h2-8,14H,9-13H2,1H3. The van der Waals surface area contributed by atoms with Crippen LogP contribution in [0.25, 0.3) is 6.08 Å². The third kappa shape index (κ3) is 4.50. The minimum absolute atomic E-state index is 0.0959. The number of thiazole rings is 1. The number of nitrogens with zero attached hydrogens (tertiary/aromatic N) is 3. The summed E-state index contributed by atoms with van der Waals surface area (Å²) in [7, 11) is 0. The Morgan fingerprint density at radius 2 is 1.96 bits per heavy atom. The van der Waals surface area contributed by atoms with Gasteiger partial charge in [0.2, 0.25) is 5.91 Å². The first-order valence-electron chi connectivity index (χ1n) is 7.86. The van der Waals surface area contributed by atoms with E-state index in [-0.39, 0.29) is 5.91 Å². The van der Waals surface area contributed by atoms with E-state index in [2.05, 4.69) is 15.3 Å². The van der Waals surface area contributed by atoms with E-state index in [1.54, 1.807) is 17.4 Å². The number of carbonyl (C=O) groups excluding carboxylic acids is 1. The van der Waals surface area contributed by atoms with Crippen molar-refractivity contribution in [1.29, 1.82) is 0 Å². The summed E-state index contributed by atoms with van der Waals surface area (Å²) in [5, 5.41) is 3.25. The summed E-state index contributed by atoms with van der Waals surface area (Å²) in [6, 6.07) is 9.92. The zero-order chi connectivity index (χ0) is 16.1. The van der Waals surface area contributed by atoms with E-state index in [4.69, 9.17) is 0 Å². The number of hydrogen-bond donors (Lipinski definition) is 0. The summed E-state index contributed by atoms with van der Waals surface area (Å²) >= 11 is 1.71. The van der Waals surface area contributed by atoms with E-state index in [1.165, 1.54) is 0 Å². The lowest BCUT2D eigenvalue weighted by Crippen LogP contribution is -2.47. The van der Waals surface area contributed by atoms with Crippen molar-refractivity contribution in [2.75, 3.05) is 26.2 Å². The van der Waals surface area contributed by atoms with Gasteiger partial charge < -0.3 is 4.90 Å². The lowest BCUT2D eigenvalue weighted by atomic mass is 10.2. The Bertz CT molecular complexity index is 673. The monoisotopic (exact) mass is 327 g/mol. The number of benzene rings is 1. The number of piperazine rings is 1. The van der Waals surface area contributed by atoms with Crippen LogP contribution in [0.1, 0.15) is 16.3 Å². The Morgan fingerprint density at radius 1 is 1.22 bits per heavy atom. The topological polar surface area (TPSA) is 36.4 Å². The molecule has 3 rings (SSSR count). The van der Waals surface area contributed by atoms with Gasteiger partial charge in [-0.3, -0.25) is 9.69 Å². The lowest BCUT2D eigenvalue weighted by molar-refractivity contribution is -0.127. The highest BCUT2D eigenvalue weighted by Gasteiger charge is 2.20. The molecule has 0 N–H and O–H groups in total. The van der Waals surface area contributed by atoms with Gasteiger partial charge in [0.15, 0.2) is 0 Å². The molecule has 0 unspecified atom stereocenters. The van der Waals surface area contributed by atoms with Gasteiger partial charge >= 0.3 is 0 Å². The molecule has 0 atom stereocenters. The number of aromatic nitrogens is 1. The zero-order valence-corrected chi connectivity index (χ0v) is 14.1. The van der Waals surface area contributed by atoms with Gasteiger partial charge in [-0.1, -0.05) is 30.3 Å². The molecule has 0 radical (unpaired) electrons. The number of hydrogen-bond acceptors (Lipinski definition) is 4. The number of carbonyl (C=O) groups is 1. The quantitative estimate of drug-likeness (QED) is 0.810. The van der Waals surface area contributed by atoms with Crippen molar-refractivity contribution >= 4 is 23.3 Å². The Morgan fingerprint density at radius 3 is 2.61 bits per heavy atom. The normalized spacial score (nSPS) is 16.1. The van der Waals surface area contributed by atoms with Crippen LogP contribution in [0.2, 0.25) is 0 Å². The lowest BCUT2D eigenvalue weighted by Gasteiger charge is -2.33. The summed E-state index contributed by atoms with van der Waals surface area (Å²) in [6.45, 7) is 6.29. The second-order valence-corrected chi connectivity index (χ2v) is 6.67. The summed E-state index contributed by atoms with van der Waals surface area (Å²) in [4.78, 5) is 21.0. The molecule has 1 aliphatic rings. The molecule has 1 aromatic carbocycles. The third-order valence-electron chi connectivity index (χ3n) is 3.93. The summed E-state index contributed by atoms with van der Waals surface area (Å²) in [6.07, 6.45) is 3.56. The largest absolute Gasteiger partial charge is 0.337 e. The van der Waals surface area contributed by atoms with Gasteiger partial charge in [0.25, 0.3) is 0 Å². The maximum atomic E-state index is 12.3. The smallest absolute Gasteiger partial charge is 0.246 e. The van der Waals surface area contributed by atoms with Crippen molar-refractivity contribution in [3.8, 4) is 0 Å². The fourth-order valence-corrected chi connectivity index (χ4v) is 3.44. The van der Waals surface area contributed by atoms with Gasteiger partial charge in [-0.05, 0) is 18.6 Å². The van der Waals surface area contributed by atoms with Gasteiger partial charge in [-0.25, -0.2) is 4.98 Å². The fraction of sp³-hybridized carbons (Fsp3) is 0.333. The molecule has 0 aliphatic carbocycles. The summed E-state index contributed by atoms with van der Waals surface area (Å²) in [5.41, 5.74) is 2.14. The van der Waals surface area contributed by atoms with Crippen LogP contribution in [0.5, 0.6) is 0 Å². The molecule has 4 nitrogen and oxygen atoms in total. The van der Waals surface area contributed by atoms with E-state index in [0.29, 0.717) is 0 Å². The van der Waals surface area contributed by atoms with E-state index < -0.39 is 0 Å². The number of aryl methyl sites for hydroxylation is 1. The predicted octanol–water partition coefficient (Wildman–Crippen LogP) is 2.81. The minimum atomic E-state index is 0.0959. The molecule has 1 fully saturated rings. The Hall–Kier alpha value is -1.98. The maximum absolute atomic E-state index is 12.3. The van der Waals surface area contributed by atoms with Crippen LogP contribution in [0.15, 0.2) is 41.8 Å². The van der Waals surface area contributed by atoms with Crippen molar-refractivity contribution in [1.82, 2.24) is 14.8 Å². The van der Waals surface area contributed by atoms with E-state index in [0.717, 1.165) is 49.0 Å². The molecular weight excluding hydrogens is 306 g/mol. The molecular formula is C18H21N3OS. The Labute approximate surface area is 141 Å². The summed E-state index contributed by atoms with van der Waals surface area (Å²) < 4.78 is 0. The van der Waals surface area contributed by atoms with Crippen molar-refractivity contribution in [2.24, 2.45) is 0 Å². The molecule has 1 amide bonds.